The quantitative estimate of drug-likeness (QED) is 0.779. The van der Waals surface area contributed by atoms with Crippen molar-refractivity contribution in [3.05, 3.63) is 42.6 Å². The molecule has 4 rings (SSSR count). The first kappa shape index (κ1) is 14.8. The number of benzene rings is 1. The number of nitrogen functional groups attached to an aromatic ring is 1. The van der Waals surface area contributed by atoms with E-state index in [0.717, 1.165) is 54.2 Å². The molecule has 24 heavy (non-hydrogen) atoms. The van der Waals surface area contributed by atoms with Crippen molar-refractivity contribution in [1.82, 2.24) is 19.9 Å². The van der Waals surface area contributed by atoms with E-state index in [1.807, 2.05) is 24.3 Å². The number of aromatic nitrogens is 3. The van der Waals surface area contributed by atoms with E-state index in [1.54, 1.807) is 6.20 Å². The minimum Gasteiger partial charge on any atom is -0.368 e. The molecule has 0 atom stereocenters. The number of likely N-dealkylation sites (N-methyl/N-ethyl adjacent to an activating group) is 1. The first-order valence-corrected chi connectivity index (χ1v) is 8.12. The minimum atomic E-state index is 0.313. The fourth-order valence-electron chi connectivity index (χ4n) is 3.03. The molecule has 1 fully saturated rings. The molecule has 0 bridgehead atoms. The number of rotatable bonds is 2. The summed E-state index contributed by atoms with van der Waals surface area (Å²) in [5.74, 6) is 1.21. The maximum atomic E-state index is 5.97. The Morgan fingerprint density at radius 1 is 1.00 bits per heavy atom. The second-order valence-corrected chi connectivity index (χ2v) is 6.17. The average molecular weight is 320 g/mol. The normalized spacial score (nSPS) is 15.8. The van der Waals surface area contributed by atoms with E-state index in [1.165, 1.54) is 0 Å². The van der Waals surface area contributed by atoms with Gasteiger partial charge >= 0.3 is 0 Å². The van der Waals surface area contributed by atoms with Gasteiger partial charge in [0, 0.05) is 49.4 Å². The van der Waals surface area contributed by atoms with Crippen LogP contribution in [0.3, 0.4) is 0 Å². The van der Waals surface area contributed by atoms with Crippen LogP contribution in [0.15, 0.2) is 42.6 Å². The molecule has 0 unspecified atom stereocenters. The van der Waals surface area contributed by atoms with Crippen LogP contribution in [-0.2, 0) is 0 Å². The Kier molecular flexibility index (Phi) is 3.74. The number of nitrogens with two attached hydrogens (primary N) is 1. The van der Waals surface area contributed by atoms with Crippen molar-refractivity contribution in [3.8, 4) is 11.3 Å². The minimum absolute atomic E-state index is 0.313. The summed E-state index contributed by atoms with van der Waals surface area (Å²) in [5, 5.41) is 1.09. The van der Waals surface area contributed by atoms with Crippen LogP contribution in [0, 0.1) is 0 Å². The van der Waals surface area contributed by atoms with Crippen LogP contribution in [0.1, 0.15) is 0 Å². The van der Waals surface area contributed by atoms with Crippen molar-refractivity contribution >= 4 is 22.7 Å². The lowest BCUT2D eigenvalue weighted by Gasteiger charge is -2.33. The maximum Gasteiger partial charge on any atom is 0.222 e. The van der Waals surface area contributed by atoms with Gasteiger partial charge < -0.3 is 15.5 Å². The van der Waals surface area contributed by atoms with E-state index in [9.17, 15) is 0 Å². The Bertz CT molecular complexity index is 870. The third-order valence-corrected chi connectivity index (χ3v) is 4.46. The summed E-state index contributed by atoms with van der Waals surface area (Å²) >= 11 is 0. The Hall–Kier alpha value is -2.73. The molecule has 6 nitrogen and oxygen atoms in total. The van der Waals surface area contributed by atoms with Crippen molar-refractivity contribution in [3.63, 3.8) is 0 Å². The second kappa shape index (κ2) is 6.05. The molecule has 0 amide bonds. The van der Waals surface area contributed by atoms with Crippen molar-refractivity contribution in [2.45, 2.75) is 0 Å². The van der Waals surface area contributed by atoms with Crippen LogP contribution in [0.4, 0.5) is 11.8 Å². The highest BCUT2D eigenvalue weighted by Crippen LogP contribution is 2.26. The van der Waals surface area contributed by atoms with Crippen LogP contribution >= 0.6 is 0 Å². The Balaban J connectivity index is 1.71. The molecule has 0 aliphatic carbocycles. The zero-order valence-electron chi connectivity index (χ0n) is 13.7. The summed E-state index contributed by atoms with van der Waals surface area (Å²) in [6.07, 6.45) is 1.80. The molecule has 1 saturated heterocycles. The lowest BCUT2D eigenvalue weighted by atomic mass is 10.1. The first-order valence-electron chi connectivity index (χ1n) is 8.12. The highest BCUT2D eigenvalue weighted by Gasteiger charge is 2.17. The summed E-state index contributed by atoms with van der Waals surface area (Å²) in [6, 6.07) is 12.2. The fourth-order valence-corrected chi connectivity index (χ4v) is 3.03. The molecular weight excluding hydrogens is 300 g/mol. The molecule has 1 aliphatic rings. The number of piperazine rings is 1. The average Bonchev–Trinajstić information content (AvgIpc) is 2.61. The molecule has 6 heteroatoms. The van der Waals surface area contributed by atoms with Gasteiger partial charge in [-0.05, 0) is 25.2 Å². The number of nitrogens with zero attached hydrogens (tertiary/aromatic N) is 5. The molecule has 0 saturated carbocycles. The monoisotopic (exact) mass is 320 g/mol. The molecule has 1 aromatic carbocycles. The van der Waals surface area contributed by atoms with Crippen molar-refractivity contribution in [2.24, 2.45) is 0 Å². The van der Waals surface area contributed by atoms with E-state index in [2.05, 4.69) is 43.9 Å². The third kappa shape index (κ3) is 2.88. The van der Waals surface area contributed by atoms with Crippen molar-refractivity contribution < 1.29 is 0 Å². The molecule has 0 radical (unpaired) electrons. The molecule has 3 aromatic rings. The largest absolute Gasteiger partial charge is 0.368 e. The SMILES string of the molecule is CN1CCN(c2cc(-c3ccc4ncccc4c3)nc(N)n2)CC1. The second-order valence-electron chi connectivity index (χ2n) is 6.17. The molecular formula is C18H20N6. The van der Waals surface area contributed by atoms with Gasteiger partial charge in [-0.1, -0.05) is 12.1 Å². The van der Waals surface area contributed by atoms with Gasteiger partial charge in [0.25, 0.3) is 0 Å². The number of fused-ring (bicyclic) bond motifs is 1. The van der Waals surface area contributed by atoms with Gasteiger partial charge in [-0.3, -0.25) is 4.98 Å². The number of hydrogen-bond acceptors (Lipinski definition) is 6. The zero-order valence-corrected chi connectivity index (χ0v) is 13.7. The summed E-state index contributed by atoms with van der Waals surface area (Å²) in [7, 11) is 2.14. The number of hydrogen-bond donors (Lipinski definition) is 1. The summed E-state index contributed by atoms with van der Waals surface area (Å²) in [4.78, 5) is 17.8. The number of pyridine rings is 1. The van der Waals surface area contributed by atoms with Gasteiger partial charge in [0.15, 0.2) is 0 Å². The molecule has 2 aromatic heterocycles. The molecule has 3 heterocycles. The van der Waals surface area contributed by atoms with Crippen LogP contribution in [-0.4, -0.2) is 53.1 Å². The van der Waals surface area contributed by atoms with Gasteiger partial charge in [0.2, 0.25) is 5.95 Å². The Morgan fingerprint density at radius 3 is 2.67 bits per heavy atom. The molecule has 2 N–H and O–H groups in total. The fraction of sp³-hybridized carbons (Fsp3) is 0.278. The van der Waals surface area contributed by atoms with Gasteiger partial charge in [0.05, 0.1) is 11.2 Å². The van der Waals surface area contributed by atoms with Crippen LogP contribution in [0.25, 0.3) is 22.2 Å². The summed E-state index contributed by atoms with van der Waals surface area (Å²) in [6.45, 7) is 3.96. The Morgan fingerprint density at radius 2 is 1.83 bits per heavy atom. The molecule has 0 spiro atoms. The van der Waals surface area contributed by atoms with Crippen LogP contribution in [0.5, 0.6) is 0 Å². The van der Waals surface area contributed by atoms with E-state index < -0.39 is 0 Å². The zero-order chi connectivity index (χ0) is 16.5. The van der Waals surface area contributed by atoms with Crippen LogP contribution < -0.4 is 10.6 Å². The summed E-state index contributed by atoms with van der Waals surface area (Å²) < 4.78 is 0. The summed E-state index contributed by atoms with van der Waals surface area (Å²) in [5.41, 5.74) is 8.82. The Labute approximate surface area is 141 Å². The lowest BCUT2D eigenvalue weighted by molar-refractivity contribution is 0.312. The van der Waals surface area contributed by atoms with Gasteiger partial charge in [-0.15, -0.1) is 0 Å². The third-order valence-electron chi connectivity index (χ3n) is 4.46. The molecule has 1 aliphatic heterocycles. The van der Waals surface area contributed by atoms with Crippen molar-refractivity contribution in [2.75, 3.05) is 43.9 Å². The van der Waals surface area contributed by atoms with E-state index >= 15 is 0 Å². The van der Waals surface area contributed by atoms with Gasteiger partial charge in [-0.25, -0.2) is 4.98 Å². The topological polar surface area (TPSA) is 71.2 Å². The number of anilines is 2. The predicted molar refractivity (Wildman–Crippen MR) is 96.9 cm³/mol. The maximum absolute atomic E-state index is 5.97. The highest BCUT2D eigenvalue weighted by molar-refractivity contribution is 5.84. The standard InChI is InChI=1S/C18H20N6/c1-23-7-9-24(10-8-23)17-12-16(21-18(19)22-17)14-4-5-15-13(11-14)3-2-6-20-15/h2-6,11-12H,7-10H2,1H3,(H2,19,21,22). The molecule has 122 valence electrons. The van der Waals surface area contributed by atoms with E-state index in [-0.39, 0.29) is 0 Å². The van der Waals surface area contributed by atoms with Gasteiger partial charge in [0.1, 0.15) is 5.82 Å². The predicted octanol–water partition coefficient (Wildman–Crippen LogP) is 2.03. The smallest absolute Gasteiger partial charge is 0.222 e. The first-order chi connectivity index (χ1) is 11.7. The highest BCUT2D eigenvalue weighted by atomic mass is 15.3. The lowest BCUT2D eigenvalue weighted by Crippen LogP contribution is -2.44. The van der Waals surface area contributed by atoms with E-state index in [0.29, 0.717) is 5.95 Å². The van der Waals surface area contributed by atoms with Crippen LogP contribution in [0.2, 0.25) is 0 Å². The van der Waals surface area contributed by atoms with E-state index in [4.69, 9.17) is 5.73 Å². The van der Waals surface area contributed by atoms with Crippen molar-refractivity contribution in [1.29, 1.82) is 0 Å². The van der Waals surface area contributed by atoms with Gasteiger partial charge in [-0.2, -0.15) is 4.98 Å².